The fourth-order valence-electron chi connectivity index (χ4n) is 4.04. The summed E-state index contributed by atoms with van der Waals surface area (Å²) in [6.45, 7) is 6.90. The summed E-state index contributed by atoms with van der Waals surface area (Å²) in [5, 5.41) is 2.87. The molecule has 1 aromatic rings. The zero-order valence-corrected chi connectivity index (χ0v) is 17.6. The van der Waals surface area contributed by atoms with Crippen molar-refractivity contribution in [3.8, 4) is 0 Å². The minimum Gasteiger partial charge on any atom is -0.444 e. The van der Waals surface area contributed by atoms with Gasteiger partial charge in [-0.1, -0.05) is 15.9 Å². The Kier molecular flexibility index (Phi) is 5.34. The lowest BCUT2D eigenvalue weighted by Crippen LogP contribution is -2.52. The van der Waals surface area contributed by atoms with Crippen LogP contribution >= 0.6 is 15.9 Å². The van der Waals surface area contributed by atoms with E-state index in [4.69, 9.17) is 4.74 Å². The molecule has 2 amide bonds. The molecule has 0 unspecified atom stereocenters. The molecule has 1 heterocycles. The Labute approximate surface area is 167 Å². The van der Waals surface area contributed by atoms with Gasteiger partial charge in [-0.25, -0.2) is 4.79 Å². The van der Waals surface area contributed by atoms with Gasteiger partial charge in [-0.2, -0.15) is 0 Å². The molecule has 0 spiro atoms. The van der Waals surface area contributed by atoms with Crippen molar-refractivity contribution in [3.05, 3.63) is 28.2 Å². The molecule has 3 rings (SSSR count). The molecule has 146 valence electrons. The van der Waals surface area contributed by atoms with Crippen molar-refractivity contribution in [1.82, 2.24) is 4.90 Å². The monoisotopic (exact) mass is 436 g/mol. The van der Waals surface area contributed by atoms with Crippen molar-refractivity contribution in [3.63, 3.8) is 0 Å². The smallest absolute Gasteiger partial charge is 0.411 e. The van der Waals surface area contributed by atoms with Crippen molar-refractivity contribution in [2.75, 3.05) is 5.32 Å². The Morgan fingerprint density at radius 3 is 2.56 bits per heavy atom. The highest BCUT2D eigenvalue weighted by Gasteiger charge is 2.52. The maximum absolute atomic E-state index is 13.1. The lowest BCUT2D eigenvalue weighted by Gasteiger charge is -2.35. The number of anilines is 1. The van der Waals surface area contributed by atoms with Crippen LogP contribution in [-0.2, 0) is 9.53 Å². The van der Waals surface area contributed by atoms with Crippen LogP contribution < -0.4 is 5.32 Å². The number of nitrogens with one attached hydrogen (secondary N) is 1. The zero-order valence-electron chi connectivity index (χ0n) is 16.0. The van der Waals surface area contributed by atoms with Crippen molar-refractivity contribution in [1.29, 1.82) is 0 Å². The fraction of sp³-hybridized carbons (Fsp3) is 0.550. The van der Waals surface area contributed by atoms with Gasteiger partial charge in [-0.05, 0) is 71.1 Å². The first kappa shape index (κ1) is 19.9. The van der Waals surface area contributed by atoms with Crippen LogP contribution in [0.4, 0.5) is 10.5 Å². The number of ketones is 1. The second-order valence-electron chi connectivity index (χ2n) is 8.29. The molecule has 27 heavy (non-hydrogen) atoms. The van der Waals surface area contributed by atoms with E-state index in [0.29, 0.717) is 11.3 Å². The van der Waals surface area contributed by atoms with Gasteiger partial charge in [-0.15, -0.1) is 0 Å². The van der Waals surface area contributed by atoms with Gasteiger partial charge in [0.2, 0.25) is 5.91 Å². The molecule has 1 aromatic carbocycles. The molecule has 6 nitrogen and oxygen atoms in total. The summed E-state index contributed by atoms with van der Waals surface area (Å²) in [5.41, 5.74) is 0.277. The van der Waals surface area contributed by atoms with Crippen LogP contribution in [0.1, 0.15) is 57.3 Å². The van der Waals surface area contributed by atoms with Crippen LogP contribution in [0.15, 0.2) is 22.7 Å². The molecule has 1 saturated carbocycles. The number of fused-ring (bicyclic) bond motifs is 2. The van der Waals surface area contributed by atoms with Gasteiger partial charge in [-0.3, -0.25) is 14.5 Å². The Morgan fingerprint density at radius 2 is 1.93 bits per heavy atom. The lowest BCUT2D eigenvalue weighted by molar-refractivity contribution is -0.122. The molecule has 7 heteroatoms. The number of carbonyl (C=O) groups is 3. The largest absolute Gasteiger partial charge is 0.444 e. The number of nitrogens with zero attached hydrogens (tertiary/aromatic N) is 1. The third-order valence-corrected chi connectivity index (χ3v) is 5.57. The first-order valence-electron chi connectivity index (χ1n) is 9.19. The number of hydrogen-bond acceptors (Lipinski definition) is 4. The van der Waals surface area contributed by atoms with E-state index >= 15 is 0 Å². The summed E-state index contributed by atoms with van der Waals surface area (Å²) in [4.78, 5) is 39.3. The van der Waals surface area contributed by atoms with Crippen LogP contribution in [0.2, 0.25) is 0 Å². The van der Waals surface area contributed by atoms with Crippen molar-refractivity contribution < 1.29 is 19.1 Å². The SMILES string of the molecule is CC(=O)c1ccc(Br)cc1NC(=O)[C@@H]1[C@H]2CC[C@H](C2)N1C(=O)OC(C)(C)C. The van der Waals surface area contributed by atoms with Crippen molar-refractivity contribution in [2.24, 2.45) is 5.92 Å². The second-order valence-corrected chi connectivity index (χ2v) is 9.21. The van der Waals surface area contributed by atoms with E-state index in [-0.39, 0.29) is 23.7 Å². The van der Waals surface area contributed by atoms with Crippen LogP contribution in [0.5, 0.6) is 0 Å². The number of carbonyl (C=O) groups excluding carboxylic acids is 3. The molecule has 3 atom stereocenters. The summed E-state index contributed by atoms with van der Waals surface area (Å²) in [5.74, 6) is -0.279. The third kappa shape index (κ3) is 4.18. The van der Waals surface area contributed by atoms with Crippen molar-refractivity contribution in [2.45, 2.75) is 64.6 Å². The van der Waals surface area contributed by atoms with Gasteiger partial charge in [0.05, 0.1) is 5.69 Å². The fourth-order valence-corrected chi connectivity index (χ4v) is 4.40. The number of amides is 2. The average Bonchev–Trinajstić information content (AvgIpc) is 3.13. The Balaban J connectivity index is 1.84. The predicted molar refractivity (Wildman–Crippen MR) is 106 cm³/mol. The minimum absolute atomic E-state index is 0.0374. The van der Waals surface area contributed by atoms with Gasteiger partial charge in [0.15, 0.2) is 5.78 Å². The van der Waals surface area contributed by atoms with E-state index in [0.717, 1.165) is 23.7 Å². The van der Waals surface area contributed by atoms with Crippen LogP contribution in [-0.4, -0.2) is 40.4 Å². The van der Waals surface area contributed by atoms with E-state index in [2.05, 4.69) is 21.2 Å². The topological polar surface area (TPSA) is 75.7 Å². The number of likely N-dealkylation sites (tertiary alicyclic amines) is 1. The lowest BCUT2D eigenvalue weighted by atomic mass is 9.97. The summed E-state index contributed by atoms with van der Waals surface area (Å²) in [6, 6.07) is 4.61. The Bertz CT molecular complexity index is 787. The molecule has 2 aliphatic rings. The molecular weight excluding hydrogens is 412 g/mol. The summed E-state index contributed by atoms with van der Waals surface area (Å²) >= 11 is 3.37. The van der Waals surface area contributed by atoms with E-state index in [1.165, 1.54) is 6.92 Å². The highest BCUT2D eigenvalue weighted by molar-refractivity contribution is 9.10. The normalized spacial score (nSPS) is 24.0. The summed E-state index contributed by atoms with van der Waals surface area (Å²) in [7, 11) is 0. The zero-order chi connectivity index (χ0) is 19.9. The number of halogens is 1. The van der Waals surface area contributed by atoms with Gasteiger partial charge < -0.3 is 10.1 Å². The maximum Gasteiger partial charge on any atom is 0.411 e. The van der Waals surface area contributed by atoms with E-state index in [1.807, 2.05) is 20.8 Å². The Morgan fingerprint density at radius 1 is 1.22 bits per heavy atom. The Hall–Kier alpha value is -1.89. The highest BCUT2D eigenvalue weighted by Crippen LogP contribution is 2.43. The molecule has 1 aliphatic heterocycles. The number of ether oxygens (including phenoxy) is 1. The number of rotatable bonds is 3. The van der Waals surface area contributed by atoms with Gasteiger partial charge in [0.1, 0.15) is 11.6 Å². The number of hydrogen-bond donors (Lipinski definition) is 1. The van der Waals surface area contributed by atoms with Crippen LogP contribution in [0.25, 0.3) is 0 Å². The van der Waals surface area contributed by atoms with E-state index in [9.17, 15) is 14.4 Å². The minimum atomic E-state index is -0.619. The van der Waals surface area contributed by atoms with Crippen LogP contribution in [0, 0.1) is 5.92 Å². The first-order valence-corrected chi connectivity index (χ1v) is 9.99. The van der Waals surface area contributed by atoms with Crippen molar-refractivity contribution >= 4 is 39.4 Å². The highest BCUT2D eigenvalue weighted by atomic mass is 79.9. The summed E-state index contributed by atoms with van der Waals surface area (Å²) < 4.78 is 6.29. The van der Waals surface area contributed by atoms with Gasteiger partial charge >= 0.3 is 6.09 Å². The molecule has 2 fully saturated rings. The second kappa shape index (κ2) is 7.26. The quantitative estimate of drug-likeness (QED) is 0.713. The number of Topliss-reactive ketones (excluding diaryl/α,β-unsaturated/α-hetero) is 1. The van der Waals surface area contributed by atoms with Crippen LogP contribution in [0.3, 0.4) is 0 Å². The first-order chi connectivity index (χ1) is 12.6. The number of piperidine rings is 1. The molecule has 0 radical (unpaired) electrons. The summed E-state index contributed by atoms with van der Waals surface area (Å²) in [6.07, 6.45) is 2.18. The standard InChI is InChI=1S/C20H25BrN2O4/c1-11(24)15-8-6-13(21)10-16(15)22-18(25)17-12-5-7-14(9-12)23(17)19(26)27-20(2,3)4/h6,8,10,12,14,17H,5,7,9H2,1-4H3,(H,22,25)/t12-,14+,17-/m0/s1. The molecule has 1 N–H and O–H groups in total. The molecule has 0 aromatic heterocycles. The number of benzene rings is 1. The molecule has 1 saturated heterocycles. The molecule has 1 aliphatic carbocycles. The average molecular weight is 437 g/mol. The molecular formula is C20H25BrN2O4. The molecule has 2 bridgehead atoms. The van der Waals surface area contributed by atoms with E-state index < -0.39 is 17.7 Å². The van der Waals surface area contributed by atoms with E-state index in [1.54, 1.807) is 23.1 Å². The predicted octanol–water partition coefficient (Wildman–Crippen LogP) is 4.38. The van der Waals surface area contributed by atoms with Gasteiger partial charge in [0.25, 0.3) is 0 Å². The van der Waals surface area contributed by atoms with Gasteiger partial charge in [0, 0.05) is 16.1 Å². The third-order valence-electron chi connectivity index (χ3n) is 5.08. The maximum atomic E-state index is 13.1.